The van der Waals surface area contributed by atoms with Gasteiger partial charge in [0.25, 0.3) is 0 Å². The molecule has 2 heterocycles. The zero-order chi connectivity index (χ0) is 14.7. The molecule has 0 aromatic carbocycles. The molecule has 1 aromatic rings. The first kappa shape index (κ1) is 14.8. The smallest absolute Gasteiger partial charge is 0.334 e. The molecule has 1 unspecified atom stereocenters. The number of ether oxygens (including phenoxy) is 1. The molecule has 2 rings (SSSR count). The predicted octanol–water partition coefficient (Wildman–Crippen LogP) is 1.90. The number of nitrogens with zero attached hydrogens (tertiary/aromatic N) is 4. The van der Waals surface area contributed by atoms with E-state index in [1.165, 1.54) is 0 Å². The van der Waals surface area contributed by atoms with Crippen molar-refractivity contribution in [3.8, 4) is 0 Å². The van der Waals surface area contributed by atoms with Crippen molar-refractivity contribution in [2.24, 2.45) is 7.05 Å². The fraction of sp³-hybridized carbons (Fsp3) is 0.769. The average molecular weight is 282 g/mol. The first-order chi connectivity index (χ1) is 9.54. The monoisotopic (exact) mass is 282 g/mol. The quantitative estimate of drug-likeness (QED) is 0.609. The van der Waals surface area contributed by atoms with Gasteiger partial charge in [0.05, 0.1) is 11.0 Å². The van der Waals surface area contributed by atoms with Crippen molar-refractivity contribution in [2.45, 2.75) is 38.7 Å². The van der Waals surface area contributed by atoms with Crippen LogP contribution < -0.4 is 4.90 Å². The van der Waals surface area contributed by atoms with Crippen LogP contribution in [0.3, 0.4) is 0 Å². The highest BCUT2D eigenvalue weighted by Crippen LogP contribution is 2.31. The van der Waals surface area contributed by atoms with Gasteiger partial charge in [0.2, 0.25) is 5.82 Å². The van der Waals surface area contributed by atoms with E-state index in [0.29, 0.717) is 24.5 Å². The van der Waals surface area contributed by atoms with Crippen molar-refractivity contribution in [3.05, 3.63) is 15.8 Å². The predicted molar refractivity (Wildman–Crippen MR) is 76.1 cm³/mol. The topological polar surface area (TPSA) is 73.4 Å². The zero-order valence-corrected chi connectivity index (χ0v) is 12.3. The van der Waals surface area contributed by atoms with E-state index in [9.17, 15) is 10.1 Å². The van der Waals surface area contributed by atoms with Crippen LogP contribution in [-0.2, 0) is 18.2 Å². The molecule has 0 amide bonds. The maximum atomic E-state index is 11.3. The van der Waals surface area contributed by atoms with E-state index < -0.39 is 0 Å². The normalized spacial score (nSPS) is 19.1. The summed E-state index contributed by atoms with van der Waals surface area (Å²) in [6.45, 7) is 3.32. The second-order valence-corrected chi connectivity index (χ2v) is 5.22. The summed E-state index contributed by atoms with van der Waals surface area (Å²) in [5.74, 6) is 0.557. The largest absolute Gasteiger partial charge is 0.376 e. The molecule has 7 nitrogen and oxygen atoms in total. The Kier molecular flexibility index (Phi) is 4.59. The Morgan fingerprint density at radius 2 is 2.30 bits per heavy atom. The third kappa shape index (κ3) is 2.92. The highest BCUT2D eigenvalue weighted by atomic mass is 16.6. The van der Waals surface area contributed by atoms with Gasteiger partial charge < -0.3 is 9.64 Å². The van der Waals surface area contributed by atoms with Crippen molar-refractivity contribution >= 4 is 11.5 Å². The van der Waals surface area contributed by atoms with Crippen LogP contribution in [0.15, 0.2) is 0 Å². The second-order valence-electron chi connectivity index (χ2n) is 5.22. The van der Waals surface area contributed by atoms with Gasteiger partial charge in [0, 0.05) is 27.2 Å². The van der Waals surface area contributed by atoms with Crippen LogP contribution in [0.5, 0.6) is 0 Å². The minimum Gasteiger partial charge on any atom is -0.376 e. The van der Waals surface area contributed by atoms with Gasteiger partial charge in [-0.2, -0.15) is 5.10 Å². The van der Waals surface area contributed by atoms with E-state index in [2.05, 4.69) is 5.10 Å². The van der Waals surface area contributed by atoms with Crippen LogP contribution in [0.4, 0.5) is 11.5 Å². The Labute approximate surface area is 118 Å². The summed E-state index contributed by atoms with van der Waals surface area (Å²) in [4.78, 5) is 12.9. The van der Waals surface area contributed by atoms with Crippen molar-refractivity contribution in [1.82, 2.24) is 9.78 Å². The second kappa shape index (κ2) is 6.21. The fourth-order valence-corrected chi connectivity index (χ4v) is 2.75. The van der Waals surface area contributed by atoms with Gasteiger partial charge in [0.1, 0.15) is 5.69 Å². The molecule has 112 valence electrons. The molecule has 20 heavy (non-hydrogen) atoms. The zero-order valence-electron chi connectivity index (χ0n) is 12.3. The molecule has 1 aliphatic rings. The Balaban J connectivity index is 2.21. The van der Waals surface area contributed by atoms with E-state index in [1.807, 2.05) is 18.9 Å². The molecule has 1 aromatic heterocycles. The van der Waals surface area contributed by atoms with Gasteiger partial charge in [0.15, 0.2) is 0 Å². The number of anilines is 1. The van der Waals surface area contributed by atoms with E-state index >= 15 is 0 Å². The molecule has 1 atom stereocenters. The van der Waals surface area contributed by atoms with Gasteiger partial charge in [-0.1, -0.05) is 6.92 Å². The molecule has 1 saturated heterocycles. The fourth-order valence-electron chi connectivity index (χ4n) is 2.75. The number of rotatable bonds is 5. The summed E-state index contributed by atoms with van der Waals surface area (Å²) in [6, 6.07) is 0. The molecule has 0 N–H and O–H groups in total. The summed E-state index contributed by atoms with van der Waals surface area (Å²) in [5, 5.41) is 15.6. The van der Waals surface area contributed by atoms with Gasteiger partial charge in [-0.05, 0) is 25.7 Å². The molecule has 1 aliphatic heterocycles. The summed E-state index contributed by atoms with van der Waals surface area (Å²) < 4.78 is 7.30. The Bertz CT molecular complexity index is 480. The molecule has 1 fully saturated rings. The lowest BCUT2D eigenvalue weighted by Gasteiger charge is -2.28. The van der Waals surface area contributed by atoms with Gasteiger partial charge in [-0.3, -0.25) is 10.1 Å². The molecule has 0 aliphatic carbocycles. The van der Waals surface area contributed by atoms with Gasteiger partial charge in [-0.15, -0.1) is 0 Å². The van der Waals surface area contributed by atoms with Crippen molar-refractivity contribution < 1.29 is 9.66 Å². The first-order valence-corrected chi connectivity index (χ1v) is 7.07. The van der Waals surface area contributed by atoms with Crippen LogP contribution in [-0.4, -0.2) is 41.0 Å². The molecular formula is C13H22N4O3. The van der Waals surface area contributed by atoms with Crippen LogP contribution in [0.25, 0.3) is 0 Å². The average Bonchev–Trinajstić information content (AvgIpc) is 2.77. The van der Waals surface area contributed by atoms with Crippen LogP contribution in [0, 0.1) is 10.1 Å². The maximum absolute atomic E-state index is 11.3. The van der Waals surface area contributed by atoms with E-state index in [1.54, 1.807) is 11.7 Å². The SMILES string of the molecule is CCc1nn(C)c(N(C)CC2CCCCO2)c1[N+](=O)[O-]. The summed E-state index contributed by atoms with van der Waals surface area (Å²) in [5.41, 5.74) is 0.650. The number of hydrogen-bond donors (Lipinski definition) is 0. The number of aryl methyl sites for hydroxylation is 2. The summed E-state index contributed by atoms with van der Waals surface area (Å²) in [6.07, 6.45) is 3.97. The summed E-state index contributed by atoms with van der Waals surface area (Å²) in [7, 11) is 3.61. The Morgan fingerprint density at radius 1 is 1.55 bits per heavy atom. The van der Waals surface area contributed by atoms with Crippen molar-refractivity contribution in [2.75, 3.05) is 25.1 Å². The third-order valence-electron chi connectivity index (χ3n) is 3.69. The van der Waals surface area contributed by atoms with Gasteiger partial charge >= 0.3 is 5.69 Å². The number of hydrogen-bond acceptors (Lipinski definition) is 5. The van der Waals surface area contributed by atoms with Crippen molar-refractivity contribution in [1.29, 1.82) is 0 Å². The Hall–Kier alpha value is -1.63. The molecule has 0 radical (unpaired) electrons. The molecule has 0 saturated carbocycles. The number of nitro groups is 1. The Morgan fingerprint density at radius 3 is 2.85 bits per heavy atom. The lowest BCUT2D eigenvalue weighted by Crippen LogP contribution is -2.34. The number of aromatic nitrogens is 2. The van der Waals surface area contributed by atoms with E-state index in [0.717, 1.165) is 25.9 Å². The molecule has 0 bridgehead atoms. The third-order valence-corrected chi connectivity index (χ3v) is 3.69. The van der Waals surface area contributed by atoms with Gasteiger partial charge in [-0.25, -0.2) is 4.68 Å². The summed E-state index contributed by atoms with van der Waals surface area (Å²) >= 11 is 0. The molecule has 7 heteroatoms. The lowest BCUT2D eigenvalue weighted by atomic mass is 10.1. The van der Waals surface area contributed by atoms with Crippen molar-refractivity contribution in [3.63, 3.8) is 0 Å². The highest BCUT2D eigenvalue weighted by Gasteiger charge is 2.29. The van der Waals surface area contributed by atoms with E-state index in [-0.39, 0.29) is 16.7 Å². The molecular weight excluding hydrogens is 260 g/mol. The van der Waals surface area contributed by atoms with Crippen LogP contribution in [0.2, 0.25) is 0 Å². The number of likely N-dealkylation sites (N-methyl/N-ethyl adjacent to an activating group) is 1. The van der Waals surface area contributed by atoms with Crippen LogP contribution >= 0.6 is 0 Å². The minimum atomic E-state index is -0.334. The van der Waals surface area contributed by atoms with E-state index in [4.69, 9.17) is 4.74 Å². The minimum absolute atomic E-state index is 0.119. The standard InChI is InChI=1S/C13H22N4O3/c1-4-11-12(17(18)19)13(16(3)14-11)15(2)9-10-7-5-6-8-20-10/h10H,4-9H2,1-3H3. The maximum Gasteiger partial charge on any atom is 0.334 e. The molecule has 0 spiro atoms. The van der Waals surface area contributed by atoms with Crippen LogP contribution in [0.1, 0.15) is 31.9 Å². The first-order valence-electron chi connectivity index (χ1n) is 7.07. The lowest BCUT2D eigenvalue weighted by molar-refractivity contribution is -0.384. The highest BCUT2D eigenvalue weighted by molar-refractivity contribution is 5.61.